The molecule has 100 valence electrons. The molecule has 0 bridgehead atoms. The van der Waals surface area contributed by atoms with E-state index in [0.29, 0.717) is 23.2 Å². The number of nitrogens with zero attached hydrogens (tertiary/aromatic N) is 1. The molecule has 0 unspecified atom stereocenters. The van der Waals surface area contributed by atoms with Crippen LogP contribution in [0, 0.1) is 12.7 Å². The van der Waals surface area contributed by atoms with Crippen molar-refractivity contribution in [2.75, 3.05) is 17.6 Å². The lowest BCUT2D eigenvalue weighted by Gasteiger charge is -2.10. The Morgan fingerprint density at radius 2 is 2.11 bits per heavy atom. The van der Waals surface area contributed by atoms with Crippen LogP contribution >= 0.6 is 11.6 Å². The first-order valence-electron chi connectivity index (χ1n) is 5.97. The van der Waals surface area contributed by atoms with Crippen molar-refractivity contribution in [1.29, 1.82) is 0 Å². The summed E-state index contributed by atoms with van der Waals surface area (Å²) in [5.74, 6) is 0.363. The van der Waals surface area contributed by atoms with Crippen molar-refractivity contribution in [1.82, 2.24) is 4.98 Å². The highest BCUT2D eigenvalue weighted by molar-refractivity contribution is 6.29. The Balaban J connectivity index is 1.98. The maximum atomic E-state index is 13.0. The van der Waals surface area contributed by atoms with E-state index in [1.807, 2.05) is 6.92 Å². The molecule has 0 saturated carbocycles. The second-order valence-electron chi connectivity index (χ2n) is 4.32. The number of pyridine rings is 1. The zero-order valence-electron chi connectivity index (χ0n) is 10.6. The SMILES string of the molecule is Cc1cc(F)ccc1CCNc1nc(Cl)ccc1N. The number of nitrogen functional groups attached to an aromatic ring is 1. The summed E-state index contributed by atoms with van der Waals surface area (Å²) < 4.78 is 13.0. The summed E-state index contributed by atoms with van der Waals surface area (Å²) >= 11 is 5.81. The lowest BCUT2D eigenvalue weighted by atomic mass is 10.1. The molecule has 1 aromatic carbocycles. The molecule has 5 heteroatoms. The van der Waals surface area contributed by atoms with E-state index in [0.717, 1.165) is 17.5 Å². The Morgan fingerprint density at radius 1 is 1.32 bits per heavy atom. The van der Waals surface area contributed by atoms with Crippen LogP contribution in [0.5, 0.6) is 0 Å². The van der Waals surface area contributed by atoms with Crippen LogP contribution in [0.2, 0.25) is 5.15 Å². The van der Waals surface area contributed by atoms with Crippen molar-refractivity contribution in [2.45, 2.75) is 13.3 Å². The third kappa shape index (κ3) is 3.58. The highest BCUT2D eigenvalue weighted by atomic mass is 35.5. The van der Waals surface area contributed by atoms with Gasteiger partial charge in [0.2, 0.25) is 0 Å². The second kappa shape index (κ2) is 5.89. The summed E-state index contributed by atoms with van der Waals surface area (Å²) in [5.41, 5.74) is 8.37. The summed E-state index contributed by atoms with van der Waals surface area (Å²) in [6.45, 7) is 2.55. The van der Waals surface area contributed by atoms with E-state index in [1.54, 1.807) is 18.2 Å². The number of anilines is 2. The molecule has 0 spiro atoms. The molecule has 2 rings (SSSR count). The Hall–Kier alpha value is -1.81. The van der Waals surface area contributed by atoms with Gasteiger partial charge in [-0.25, -0.2) is 9.37 Å². The van der Waals surface area contributed by atoms with Crippen LogP contribution in [-0.2, 0) is 6.42 Å². The van der Waals surface area contributed by atoms with Gasteiger partial charge in [-0.1, -0.05) is 17.7 Å². The van der Waals surface area contributed by atoms with Crippen LogP contribution in [0.4, 0.5) is 15.9 Å². The van der Waals surface area contributed by atoms with Gasteiger partial charge in [-0.05, 0) is 48.7 Å². The average molecular weight is 280 g/mol. The molecular weight excluding hydrogens is 265 g/mol. The maximum absolute atomic E-state index is 13.0. The van der Waals surface area contributed by atoms with Crippen LogP contribution in [0.1, 0.15) is 11.1 Å². The fraction of sp³-hybridized carbons (Fsp3) is 0.214. The van der Waals surface area contributed by atoms with Crippen LogP contribution in [-0.4, -0.2) is 11.5 Å². The molecule has 1 heterocycles. The Labute approximate surface area is 116 Å². The summed E-state index contributed by atoms with van der Waals surface area (Å²) in [6.07, 6.45) is 0.764. The number of hydrogen-bond acceptors (Lipinski definition) is 3. The molecule has 0 aliphatic carbocycles. The smallest absolute Gasteiger partial charge is 0.150 e. The fourth-order valence-corrected chi connectivity index (χ4v) is 1.99. The first kappa shape index (κ1) is 13.6. The largest absolute Gasteiger partial charge is 0.396 e. The summed E-state index contributed by atoms with van der Waals surface area (Å²) in [7, 11) is 0. The highest BCUT2D eigenvalue weighted by Gasteiger charge is 2.03. The molecule has 0 atom stereocenters. The third-order valence-electron chi connectivity index (χ3n) is 2.88. The topological polar surface area (TPSA) is 50.9 Å². The van der Waals surface area contributed by atoms with Gasteiger partial charge in [-0.15, -0.1) is 0 Å². The van der Waals surface area contributed by atoms with Crippen molar-refractivity contribution in [2.24, 2.45) is 0 Å². The summed E-state index contributed by atoms with van der Waals surface area (Å²) in [5, 5.41) is 3.53. The molecule has 0 radical (unpaired) electrons. The van der Waals surface area contributed by atoms with Crippen LogP contribution in [0.15, 0.2) is 30.3 Å². The number of nitrogens with one attached hydrogen (secondary N) is 1. The molecule has 3 N–H and O–H groups in total. The standard InChI is InChI=1S/C14H15ClFN3/c1-9-8-11(16)3-2-10(9)6-7-18-14-12(17)4-5-13(15)19-14/h2-5,8H,6-7,17H2,1H3,(H,18,19). The Morgan fingerprint density at radius 3 is 2.84 bits per heavy atom. The number of hydrogen-bond donors (Lipinski definition) is 2. The van der Waals surface area contributed by atoms with Gasteiger partial charge in [0.15, 0.2) is 5.82 Å². The number of nitrogens with two attached hydrogens (primary N) is 1. The van der Waals surface area contributed by atoms with Crippen LogP contribution in [0.3, 0.4) is 0 Å². The van der Waals surface area contributed by atoms with E-state index in [-0.39, 0.29) is 5.82 Å². The molecule has 0 fully saturated rings. The lowest BCUT2D eigenvalue weighted by Crippen LogP contribution is -2.09. The molecule has 0 aliphatic heterocycles. The number of aromatic nitrogens is 1. The lowest BCUT2D eigenvalue weighted by molar-refractivity contribution is 0.625. The maximum Gasteiger partial charge on any atom is 0.150 e. The van der Waals surface area contributed by atoms with Gasteiger partial charge in [0.1, 0.15) is 11.0 Å². The quantitative estimate of drug-likeness (QED) is 0.843. The van der Waals surface area contributed by atoms with Crippen molar-refractivity contribution in [3.63, 3.8) is 0 Å². The number of aryl methyl sites for hydroxylation is 1. The van der Waals surface area contributed by atoms with Crippen LogP contribution < -0.4 is 11.1 Å². The minimum absolute atomic E-state index is 0.213. The van der Waals surface area contributed by atoms with E-state index in [1.165, 1.54) is 12.1 Å². The van der Waals surface area contributed by atoms with Gasteiger partial charge in [0.25, 0.3) is 0 Å². The minimum Gasteiger partial charge on any atom is -0.396 e. The van der Waals surface area contributed by atoms with E-state index < -0.39 is 0 Å². The van der Waals surface area contributed by atoms with Gasteiger partial charge in [-0.3, -0.25) is 0 Å². The first-order valence-corrected chi connectivity index (χ1v) is 6.35. The molecule has 0 amide bonds. The van der Waals surface area contributed by atoms with Gasteiger partial charge < -0.3 is 11.1 Å². The van der Waals surface area contributed by atoms with Crippen molar-refractivity contribution in [3.8, 4) is 0 Å². The van der Waals surface area contributed by atoms with Gasteiger partial charge >= 0.3 is 0 Å². The molecule has 19 heavy (non-hydrogen) atoms. The average Bonchev–Trinajstić information content (AvgIpc) is 2.36. The van der Waals surface area contributed by atoms with E-state index in [4.69, 9.17) is 17.3 Å². The van der Waals surface area contributed by atoms with Gasteiger partial charge in [0.05, 0.1) is 5.69 Å². The van der Waals surface area contributed by atoms with Crippen molar-refractivity contribution < 1.29 is 4.39 Å². The van der Waals surface area contributed by atoms with Crippen LogP contribution in [0.25, 0.3) is 0 Å². The second-order valence-corrected chi connectivity index (χ2v) is 4.71. The number of benzene rings is 1. The molecule has 0 saturated heterocycles. The van der Waals surface area contributed by atoms with Gasteiger partial charge in [-0.2, -0.15) is 0 Å². The van der Waals surface area contributed by atoms with Crippen molar-refractivity contribution >= 4 is 23.1 Å². The fourth-order valence-electron chi connectivity index (χ4n) is 1.84. The zero-order chi connectivity index (χ0) is 13.8. The Bertz CT molecular complexity index is 587. The van der Waals surface area contributed by atoms with E-state index >= 15 is 0 Å². The molecule has 3 nitrogen and oxygen atoms in total. The third-order valence-corrected chi connectivity index (χ3v) is 3.09. The summed E-state index contributed by atoms with van der Waals surface area (Å²) in [4.78, 5) is 4.11. The monoisotopic (exact) mass is 279 g/mol. The zero-order valence-corrected chi connectivity index (χ0v) is 11.3. The van der Waals surface area contributed by atoms with Gasteiger partial charge in [0, 0.05) is 6.54 Å². The number of rotatable bonds is 4. The summed E-state index contributed by atoms with van der Waals surface area (Å²) in [6, 6.07) is 8.14. The minimum atomic E-state index is -0.213. The van der Waals surface area contributed by atoms with E-state index in [2.05, 4.69) is 10.3 Å². The number of halogens is 2. The molecule has 0 aliphatic rings. The predicted octanol–water partition coefficient (Wildman–Crippen LogP) is 3.42. The van der Waals surface area contributed by atoms with E-state index in [9.17, 15) is 4.39 Å². The molecular formula is C14H15ClFN3. The normalized spacial score (nSPS) is 10.5. The molecule has 1 aromatic heterocycles. The molecule has 2 aromatic rings. The van der Waals surface area contributed by atoms with Crippen molar-refractivity contribution in [3.05, 3.63) is 52.4 Å². The Kier molecular flexibility index (Phi) is 4.22. The first-order chi connectivity index (χ1) is 9.06. The predicted molar refractivity (Wildman–Crippen MR) is 77.0 cm³/mol. The highest BCUT2D eigenvalue weighted by Crippen LogP contribution is 2.18.